The molecule has 2 unspecified atom stereocenters. The summed E-state index contributed by atoms with van der Waals surface area (Å²) >= 11 is 0. The van der Waals surface area contributed by atoms with Gasteiger partial charge in [0.1, 0.15) is 0 Å². The molecule has 0 spiro atoms. The van der Waals surface area contributed by atoms with Gasteiger partial charge in [-0.1, -0.05) is 0 Å². The van der Waals surface area contributed by atoms with Gasteiger partial charge in [-0.15, -0.1) is 0 Å². The average molecular weight is 356 g/mol. The standard InChI is InChI=1S/C17H20N6O3/c24-14-6-10(7-21-22-14)17(26)23-5-4-11(23)8-18-16(25)12-2-1-3-13-15(12)20-9-19-13/h6-7,9,11-12H,1-5,8H2,(H,18,25)(H,19,20)(H,22,24). The smallest absolute Gasteiger partial charge is 0.264 e. The summed E-state index contributed by atoms with van der Waals surface area (Å²) in [6, 6.07) is 1.18. The molecule has 2 aliphatic rings. The minimum Gasteiger partial charge on any atom is -0.353 e. The molecule has 9 nitrogen and oxygen atoms in total. The Morgan fingerprint density at radius 1 is 1.35 bits per heavy atom. The highest BCUT2D eigenvalue weighted by atomic mass is 16.2. The van der Waals surface area contributed by atoms with Crippen LogP contribution in [0.3, 0.4) is 0 Å². The van der Waals surface area contributed by atoms with Gasteiger partial charge in [-0.25, -0.2) is 10.1 Å². The Hall–Kier alpha value is -2.97. The largest absolute Gasteiger partial charge is 0.353 e. The van der Waals surface area contributed by atoms with Gasteiger partial charge in [0, 0.05) is 24.8 Å². The van der Waals surface area contributed by atoms with Crippen molar-refractivity contribution in [3.63, 3.8) is 0 Å². The van der Waals surface area contributed by atoms with Crippen molar-refractivity contribution in [2.75, 3.05) is 13.1 Å². The van der Waals surface area contributed by atoms with Gasteiger partial charge in [0.05, 0.1) is 35.7 Å². The van der Waals surface area contributed by atoms with Gasteiger partial charge < -0.3 is 15.2 Å². The van der Waals surface area contributed by atoms with Gasteiger partial charge in [-0.2, -0.15) is 5.10 Å². The first-order chi connectivity index (χ1) is 12.6. The number of nitrogens with zero attached hydrogens (tertiary/aromatic N) is 3. The third-order valence-electron chi connectivity index (χ3n) is 5.15. The molecule has 0 saturated carbocycles. The molecule has 26 heavy (non-hydrogen) atoms. The maximum Gasteiger partial charge on any atom is 0.264 e. The fraction of sp³-hybridized carbons (Fsp3) is 0.471. The van der Waals surface area contributed by atoms with Gasteiger partial charge in [-0.05, 0) is 25.7 Å². The van der Waals surface area contributed by atoms with E-state index in [4.69, 9.17) is 0 Å². The topological polar surface area (TPSA) is 124 Å². The molecule has 0 radical (unpaired) electrons. The number of likely N-dealkylation sites (tertiary alicyclic amines) is 1. The van der Waals surface area contributed by atoms with Crippen LogP contribution >= 0.6 is 0 Å². The van der Waals surface area contributed by atoms with E-state index >= 15 is 0 Å². The van der Waals surface area contributed by atoms with Crippen LogP contribution in [0.1, 0.15) is 46.9 Å². The Morgan fingerprint density at radius 3 is 3.00 bits per heavy atom. The van der Waals surface area contributed by atoms with Gasteiger partial charge in [0.25, 0.3) is 11.5 Å². The summed E-state index contributed by atoms with van der Waals surface area (Å²) < 4.78 is 0. The Labute approximate surface area is 149 Å². The summed E-state index contributed by atoms with van der Waals surface area (Å²) in [6.45, 7) is 1.01. The van der Waals surface area contributed by atoms with E-state index in [2.05, 4.69) is 25.5 Å². The lowest BCUT2D eigenvalue weighted by Crippen LogP contribution is -2.56. The number of carbonyl (C=O) groups is 2. The molecule has 2 atom stereocenters. The molecular weight excluding hydrogens is 336 g/mol. The summed E-state index contributed by atoms with van der Waals surface area (Å²) in [5, 5.41) is 8.87. The second kappa shape index (κ2) is 6.74. The number of nitrogens with one attached hydrogen (secondary N) is 3. The number of aromatic nitrogens is 4. The summed E-state index contributed by atoms with van der Waals surface area (Å²) in [4.78, 5) is 45.4. The Kier molecular flexibility index (Phi) is 4.27. The molecule has 1 fully saturated rings. The van der Waals surface area contributed by atoms with Crippen molar-refractivity contribution in [1.29, 1.82) is 0 Å². The summed E-state index contributed by atoms with van der Waals surface area (Å²) in [7, 11) is 0. The van der Waals surface area contributed by atoms with Crippen molar-refractivity contribution in [2.24, 2.45) is 0 Å². The van der Waals surface area contributed by atoms with Crippen molar-refractivity contribution in [2.45, 2.75) is 37.6 Å². The number of amides is 2. The third-order valence-corrected chi connectivity index (χ3v) is 5.15. The number of hydrogen-bond acceptors (Lipinski definition) is 5. The highest BCUT2D eigenvalue weighted by Crippen LogP contribution is 2.29. The molecule has 1 aliphatic carbocycles. The molecule has 3 heterocycles. The lowest BCUT2D eigenvalue weighted by Gasteiger charge is -2.41. The monoisotopic (exact) mass is 356 g/mol. The quantitative estimate of drug-likeness (QED) is 0.708. The van der Waals surface area contributed by atoms with E-state index < -0.39 is 5.56 Å². The van der Waals surface area contributed by atoms with Crippen LogP contribution in [-0.2, 0) is 11.2 Å². The first-order valence-electron chi connectivity index (χ1n) is 8.79. The summed E-state index contributed by atoms with van der Waals surface area (Å²) in [6.07, 6.45) is 6.47. The number of rotatable bonds is 4. The first-order valence-corrected chi connectivity index (χ1v) is 8.79. The highest BCUT2D eigenvalue weighted by Gasteiger charge is 2.34. The molecule has 2 amide bonds. The molecule has 2 aromatic rings. The van der Waals surface area contributed by atoms with Crippen LogP contribution in [0.15, 0.2) is 23.4 Å². The fourth-order valence-corrected chi connectivity index (χ4v) is 3.63. The van der Waals surface area contributed by atoms with Crippen molar-refractivity contribution in [3.05, 3.63) is 45.9 Å². The summed E-state index contributed by atoms with van der Waals surface area (Å²) in [5.41, 5.74) is 1.73. The second-order valence-corrected chi connectivity index (χ2v) is 6.73. The van der Waals surface area contributed by atoms with Crippen LogP contribution in [0.5, 0.6) is 0 Å². The first kappa shape index (κ1) is 16.5. The minimum absolute atomic E-state index is 0.0461. The zero-order valence-electron chi connectivity index (χ0n) is 14.2. The molecule has 1 aliphatic heterocycles. The fourth-order valence-electron chi connectivity index (χ4n) is 3.63. The zero-order chi connectivity index (χ0) is 18.1. The maximum atomic E-state index is 12.6. The van der Waals surface area contributed by atoms with Crippen molar-refractivity contribution in [3.8, 4) is 0 Å². The Morgan fingerprint density at radius 2 is 2.23 bits per heavy atom. The number of aromatic amines is 2. The van der Waals surface area contributed by atoms with Crippen LogP contribution in [-0.4, -0.2) is 56.0 Å². The predicted molar refractivity (Wildman–Crippen MR) is 91.6 cm³/mol. The second-order valence-electron chi connectivity index (χ2n) is 6.73. The maximum absolute atomic E-state index is 12.6. The molecule has 2 aromatic heterocycles. The van der Waals surface area contributed by atoms with Crippen LogP contribution in [0.25, 0.3) is 0 Å². The molecule has 0 aromatic carbocycles. The van der Waals surface area contributed by atoms with Gasteiger partial charge in [0.15, 0.2) is 0 Å². The predicted octanol–water partition coefficient (Wildman–Crippen LogP) is -0.0562. The molecular formula is C17H20N6O3. The average Bonchev–Trinajstić information content (AvgIpc) is 3.09. The van der Waals surface area contributed by atoms with E-state index in [-0.39, 0.29) is 29.3 Å². The van der Waals surface area contributed by atoms with E-state index in [0.717, 1.165) is 37.1 Å². The van der Waals surface area contributed by atoms with Crippen molar-refractivity contribution in [1.82, 2.24) is 30.4 Å². The third kappa shape index (κ3) is 3.00. The number of imidazole rings is 1. The van der Waals surface area contributed by atoms with Crippen LogP contribution in [0.2, 0.25) is 0 Å². The van der Waals surface area contributed by atoms with E-state index in [1.54, 1.807) is 11.2 Å². The van der Waals surface area contributed by atoms with Gasteiger partial charge >= 0.3 is 0 Å². The Bertz CT molecular complexity index is 888. The normalized spacial score (nSPS) is 21.6. The Balaban J connectivity index is 1.36. The lowest BCUT2D eigenvalue weighted by atomic mass is 9.89. The molecule has 3 N–H and O–H groups in total. The van der Waals surface area contributed by atoms with E-state index in [9.17, 15) is 14.4 Å². The van der Waals surface area contributed by atoms with Gasteiger partial charge in [-0.3, -0.25) is 14.4 Å². The number of H-pyrrole nitrogens is 2. The van der Waals surface area contributed by atoms with Crippen LogP contribution in [0, 0.1) is 0 Å². The van der Waals surface area contributed by atoms with Gasteiger partial charge in [0.2, 0.25) is 5.91 Å². The lowest BCUT2D eigenvalue weighted by molar-refractivity contribution is -0.123. The number of fused-ring (bicyclic) bond motifs is 1. The van der Waals surface area contributed by atoms with Crippen LogP contribution in [0.4, 0.5) is 0 Å². The van der Waals surface area contributed by atoms with E-state index in [0.29, 0.717) is 13.1 Å². The molecule has 9 heteroatoms. The molecule has 1 saturated heterocycles. The molecule has 4 rings (SSSR count). The molecule has 136 valence electrons. The molecule has 0 bridgehead atoms. The van der Waals surface area contributed by atoms with Crippen molar-refractivity contribution >= 4 is 11.8 Å². The highest BCUT2D eigenvalue weighted by molar-refractivity contribution is 5.94. The number of carbonyl (C=O) groups excluding carboxylic acids is 2. The minimum atomic E-state index is -0.409. The zero-order valence-corrected chi connectivity index (χ0v) is 14.2. The number of hydrogen-bond donors (Lipinski definition) is 3. The SMILES string of the molecule is O=C(NCC1CCN1C(=O)c1cn[nH]c(=O)c1)C1CCCc2[nH]cnc21. The van der Waals surface area contributed by atoms with Crippen molar-refractivity contribution < 1.29 is 9.59 Å². The van der Waals surface area contributed by atoms with Crippen LogP contribution < -0.4 is 10.9 Å². The van der Waals surface area contributed by atoms with E-state index in [1.165, 1.54) is 12.3 Å². The summed E-state index contributed by atoms with van der Waals surface area (Å²) in [5.74, 6) is -0.511. The van der Waals surface area contributed by atoms with E-state index in [1.807, 2.05) is 0 Å². The number of aryl methyl sites for hydroxylation is 1.